The molecule has 2 rings (SSSR count). The zero-order valence-corrected chi connectivity index (χ0v) is 13.9. The lowest BCUT2D eigenvalue weighted by Crippen LogP contribution is -2.41. The van der Waals surface area contributed by atoms with Crippen LogP contribution in [0.4, 0.5) is 10.5 Å². The fourth-order valence-corrected chi connectivity index (χ4v) is 2.80. The zero-order valence-electron chi connectivity index (χ0n) is 13.2. The minimum absolute atomic E-state index is 0.0560. The summed E-state index contributed by atoms with van der Waals surface area (Å²) in [6.07, 6.45) is 1.10. The molecule has 1 aliphatic rings. The predicted octanol–water partition coefficient (Wildman–Crippen LogP) is 2.46. The van der Waals surface area contributed by atoms with Crippen molar-refractivity contribution in [2.45, 2.75) is 12.8 Å². The minimum atomic E-state index is -0.611. The molecule has 0 radical (unpaired) electrons. The maximum atomic E-state index is 12.2. The van der Waals surface area contributed by atoms with Crippen LogP contribution in [0.2, 0.25) is 5.02 Å². The number of benzene rings is 1. The Morgan fingerprint density at radius 1 is 1.42 bits per heavy atom. The standard InChI is InChI=1S/C15H18ClN3O5/c1-24-15(21)18-6-4-10(5-7-18)9-17-14(20)12-8-11(16)2-3-13(12)19(22)23/h2-3,8,10H,4-7,9H2,1H3,(H,17,20). The van der Waals surface area contributed by atoms with Gasteiger partial charge in [-0.15, -0.1) is 0 Å². The Hall–Kier alpha value is -2.35. The molecule has 0 spiro atoms. The molecule has 0 aromatic heterocycles. The molecule has 130 valence electrons. The second kappa shape index (κ2) is 7.96. The lowest BCUT2D eigenvalue weighted by Gasteiger charge is -2.30. The van der Waals surface area contributed by atoms with Gasteiger partial charge in [-0.1, -0.05) is 11.6 Å². The number of likely N-dealkylation sites (tertiary alicyclic amines) is 1. The van der Waals surface area contributed by atoms with Gasteiger partial charge in [-0.05, 0) is 30.9 Å². The molecular formula is C15H18ClN3O5. The molecule has 1 heterocycles. The summed E-state index contributed by atoms with van der Waals surface area (Å²) in [5.41, 5.74) is -0.336. The van der Waals surface area contributed by atoms with Crippen molar-refractivity contribution in [2.24, 2.45) is 5.92 Å². The van der Waals surface area contributed by atoms with E-state index in [1.165, 1.54) is 25.3 Å². The predicted molar refractivity (Wildman–Crippen MR) is 87.1 cm³/mol. The Bertz CT molecular complexity index is 644. The summed E-state index contributed by atoms with van der Waals surface area (Å²) >= 11 is 5.82. The van der Waals surface area contributed by atoms with Crippen LogP contribution in [0.15, 0.2) is 18.2 Å². The van der Waals surface area contributed by atoms with E-state index < -0.39 is 10.8 Å². The van der Waals surface area contributed by atoms with Gasteiger partial charge >= 0.3 is 6.09 Å². The number of amides is 2. The summed E-state index contributed by atoms with van der Waals surface area (Å²) in [6.45, 7) is 1.51. The van der Waals surface area contributed by atoms with E-state index in [0.29, 0.717) is 19.6 Å². The zero-order chi connectivity index (χ0) is 17.7. The Kier molecular flexibility index (Phi) is 5.97. The van der Waals surface area contributed by atoms with Crippen LogP contribution in [-0.4, -0.2) is 48.6 Å². The number of nitro groups is 1. The van der Waals surface area contributed by atoms with Crippen molar-refractivity contribution >= 4 is 29.3 Å². The second-order valence-electron chi connectivity index (χ2n) is 5.53. The molecule has 0 bridgehead atoms. The van der Waals surface area contributed by atoms with Gasteiger partial charge in [-0.2, -0.15) is 0 Å². The summed E-state index contributed by atoms with van der Waals surface area (Å²) in [6, 6.07) is 3.87. The lowest BCUT2D eigenvalue weighted by atomic mass is 9.97. The second-order valence-corrected chi connectivity index (χ2v) is 5.97. The number of carbonyl (C=O) groups is 2. The molecule has 0 unspecified atom stereocenters. The van der Waals surface area contributed by atoms with E-state index in [1.54, 1.807) is 4.90 Å². The Morgan fingerprint density at radius 2 is 2.08 bits per heavy atom. The van der Waals surface area contributed by atoms with E-state index in [0.717, 1.165) is 12.8 Å². The number of rotatable bonds is 4. The Labute approximate surface area is 143 Å². The van der Waals surface area contributed by atoms with Gasteiger partial charge in [-0.25, -0.2) is 4.79 Å². The van der Waals surface area contributed by atoms with Gasteiger partial charge in [0.2, 0.25) is 0 Å². The first-order valence-corrected chi connectivity index (χ1v) is 7.85. The topological polar surface area (TPSA) is 102 Å². The SMILES string of the molecule is COC(=O)N1CCC(CNC(=O)c2cc(Cl)ccc2[N+](=O)[O-])CC1. The lowest BCUT2D eigenvalue weighted by molar-refractivity contribution is -0.385. The molecule has 24 heavy (non-hydrogen) atoms. The molecule has 8 nitrogen and oxygen atoms in total. The van der Waals surface area contributed by atoms with Gasteiger partial charge in [0.25, 0.3) is 11.6 Å². The van der Waals surface area contributed by atoms with Gasteiger partial charge in [0, 0.05) is 30.7 Å². The number of halogens is 1. The summed E-state index contributed by atoms with van der Waals surface area (Å²) in [7, 11) is 1.34. The van der Waals surface area contributed by atoms with Crippen LogP contribution >= 0.6 is 11.6 Å². The first kappa shape index (κ1) is 18.0. The maximum Gasteiger partial charge on any atom is 0.409 e. The monoisotopic (exact) mass is 355 g/mol. The van der Waals surface area contributed by atoms with Crippen molar-refractivity contribution < 1.29 is 19.2 Å². The first-order chi connectivity index (χ1) is 11.4. The third-order valence-electron chi connectivity index (χ3n) is 4.00. The summed E-state index contributed by atoms with van der Waals surface area (Å²) in [4.78, 5) is 35.6. The van der Waals surface area contributed by atoms with E-state index in [4.69, 9.17) is 11.6 Å². The molecule has 2 amide bonds. The number of nitro benzene ring substituents is 1. The van der Waals surface area contributed by atoms with Crippen LogP contribution in [0.1, 0.15) is 23.2 Å². The average molecular weight is 356 g/mol. The van der Waals surface area contributed by atoms with E-state index in [1.807, 2.05) is 0 Å². The fourth-order valence-electron chi connectivity index (χ4n) is 2.63. The smallest absolute Gasteiger partial charge is 0.409 e. The molecule has 0 aliphatic carbocycles. The number of carbonyl (C=O) groups excluding carboxylic acids is 2. The molecule has 1 aromatic carbocycles. The highest BCUT2D eigenvalue weighted by atomic mass is 35.5. The van der Waals surface area contributed by atoms with Crippen molar-refractivity contribution in [1.29, 1.82) is 0 Å². The molecule has 1 N–H and O–H groups in total. The van der Waals surface area contributed by atoms with Crippen LogP contribution in [0, 0.1) is 16.0 Å². The number of nitrogens with zero attached hydrogens (tertiary/aromatic N) is 2. The summed E-state index contributed by atoms with van der Waals surface area (Å²) < 4.78 is 4.67. The highest BCUT2D eigenvalue weighted by Gasteiger charge is 2.25. The van der Waals surface area contributed by atoms with Gasteiger partial charge in [0.1, 0.15) is 5.56 Å². The maximum absolute atomic E-state index is 12.2. The number of nitrogens with one attached hydrogen (secondary N) is 1. The number of ether oxygens (including phenoxy) is 1. The molecule has 1 aliphatic heterocycles. The number of methoxy groups -OCH3 is 1. The van der Waals surface area contributed by atoms with Crippen LogP contribution in [0.5, 0.6) is 0 Å². The van der Waals surface area contributed by atoms with Gasteiger partial charge in [-0.3, -0.25) is 14.9 Å². The average Bonchev–Trinajstić information content (AvgIpc) is 2.59. The van der Waals surface area contributed by atoms with Gasteiger partial charge in [0.05, 0.1) is 12.0 Å². The molecule has 0 saturated carbocycles. The normalized spacial score (nSPS) is 15.0. The summed E-state index contributed by atoms with van der Waals surface area (Å²) in [5, 5.41) is 14.0. The highest BCUT2D eigenvalue weighted by Crippen LogP contribution is 2.23. The fraction of sp³-hybridized carbons (Fsp3) is 0.467. The van der Waals surface area contributed by atoms with Crippen molar-refractivity contribution in [1.82, 2.24) is 10.2 Å². The molecule has 1 aromatic rings. The van der Waals surface area contributed by atoms with Crippen molar-refractivity contribution in [3.8, 4) is 0 Å². The molecule has 0 atom stereocenters. The number of hydrogen-bond donors (Lipinski definition) is 1. The van der Waals surface area contributed by atoms with Crippen molar-refractivity contribution in [2.75, 3.05) is 26.7 Å². The quantitative estimate of drug-likeness (QED) is 0.660. The van der Waals surface area contributed by atoms with Crippen LogP contribution in [-0.2, 0) is 4.74 Å². The van der Waals surface area contributed by atoms with E-state index in [-0.39, 0.29) is 28.3 Å². The molecule has 1 saturated heterocycles. The first-order valence-electron chi connectivity index (χ1n) is 7.47. The van der Waals surface area contributed by atoms with Gasteiger partial charge in [0.15, 0.2) is 0 Å². The third-order valence-corrected chi connectivity index (χ3v) is 4.23. The van der Waals surface area contributed by atoms with Crippen LogP contribution < -0.4 is 5.32 Å². The Morgan fingerprint density at radius 3 is 2.67 bits per heavy atom. The number of hydrogen-bond acceptors (Lipinski definition) is 5. The Balaban J connectivity index is 1.92. The number of piperidine rings is 1. The van der Waals surface area contributed by atoms with Crippen molar-refractivity contribution in [3.05, 3.63) is 38.9 Å². The van der Waals surface area contributed by atoms with E-state index >= 15 is 0 Å². The molecule has 1 fully saturated rings. The largest absolute Gasteiger partial charge is 0.453 e. The minimum Gasteiger partial charge on any atom is -0.453 e. The van der Waals surface area contributed by atoms with Crippen LogP contribution in [0.25, 0.3) is 0 Å². The van der Waals surface area contributed by atoms with E-state index in [9.17, 15) is 19.7 Å². The van der Waals surface area contributed by atoms with Crippen molar-refractivity contribution in [3.63, 3.8) is 0 Å². The molecular weight excluding hydrogens is 338 g/mol. The van der Waals surface area contributed by atoms with Crippen LogP contribution in [0.3, 0.4) is 0 Å². The highest BCUT2D eigenvalue weighted by molar-refractivity contribution is 6.31. The molecule has 9 heteroatoms. The third kappa shape index (κ3) is 4.35. The summed E-state index contributed by atoms with van der Waals surface area (Å²) in [5.74, 6) is -0.326. The van der Waals surface area contributed by atoms with E-state index in [2.05, 4.69) is 10.1 Å². The van der Waals surface area contributed by atoms with Gasteiger partial charge < -0.3 is 15.0 Å².